The molecule has 0 spiro atoms. The van der Waals surface area contributed by atoms with E-state index < -0.39 is 17.5 Å². The second-order valence-electron chi connectivity index (χ2n) is 6.90. The number of benzene rings is 1. The lowest BCUT2D eigenvalue weighted by Gasteiger charge is -2.42. The Kier molecular flexibility index (Phi) is 6.24. The molecule has 134 valence electrons. The van der Waals surface area contributed by atoms with Gasteiger partial charge in [0, 0.05) is 13.1 Å². The minimum atomic E-state index is -0.986. The van der Waals surface area contributed by atoms with Gasteiger partial charge < -0.3 is 14.9 Å². The molecule has 0 unspecified atom stereocenters. The van der Waals surface area contributed by atoms with Gasteiger partial charge in [-0.15, -0.1) is 0 Å². The van der Waals surface area contributed by atoms with Crippen LogP contribution in [0.4, 0.5) is 0 Å². The van der Waals surface area contributed by atoms with Gasteiger partial charge in [0.15, 0.2) is 0 Å². The molecule has 5 nitrogen and oxygen atoms in total. The molecule has 0 aliphatic carbocycles. The molecule has 1 aromatic carbocycles. The van der Waals surface area contributed by atoms with Crippen LogP contribution in [-0.2, 0) is 4.79 Å². The third-order valence-electron chi connectivity index (χ3n) is 5.06. The van der Waals surface area contributed by atoms with Crippen LogP contribution in [0.1, 0.15) is 37.3 Å². The average molecular weight is 335 g/mol. The van der Waals surface area contributed by atoms with Gasteiger partial charge in [-0.2, -0.15) is 0 Å². The van der Waals surface area contributed by atoms with Gasteiger partial charge in [-0.1, -0.05) is 31.0 Å². The minimum Gasteiger partial charge on any atom is -0.492 e. The number of carboxylic acids is 1. The zero-order valence-corrected chi connectivity index (χ0v) is 14.9. The van der Waals surface area contributed by atoms with E-state index >= 15 is 0 Å². The predicted molar refractivity (Wildman–Crippen MR) is 93.5 cm³/mol. The van der Waals surface area contributed by atoms with Crippen molar-refractivity contribution >= 4 is 5.97 Å². The highest BCUT2D eigenvalue weighted by Crippen LogP contribution is 2.36. The van der Waals surface area contributed by atoms with Crippen LogP contribution in [0.3, 0.4) is 0 Å². The fourth-order valence-corrected chi connectivity index (χ4v) is 3.58. The Morgan fingerprint density at radius 2 is 2.17 bits per heavy atom. The first kappa shape index (κ1) is 18.7. The van der Waals surface area contributed by atoms with Crippen LogP contribution in [0.15, 0.2) is 18.2 Å². The summed E-state index contributed by atoms with van der Waals surface area (Å²) in [5, 5.41) is 20.0. The van der Waals surface area contributed by atoms with Crippen molar-refractivity contribution < 1.29 is 19.7 Å². The van der Waals surface area contributed by atoms with E-state index in [1.807, 2.05) is 26.0 Å². The Balaban J connectivity index is 1.87. The van der Waals surface area contributed by atoms with Crippen molar-refractivity contribution in [2.45, 2.75) is 46.1 Å². The molecule has 2 rings (SSSR count). The number of likely N-dealkylation sites (tertiary alicyclic amines) is 1. The van der Waals surface area contributed by atoms with E-state index in [2.05, 4.69) is 17.9 Å². The van der Waals surface area contributed by atoms with E-state index in [0.717, 1.165) is 17.7 Å². The molecule has 0 bridgehead atoms. The van der Waals surface area contributed by atoms with Gasteiger partial charge in [-0.25, -0.2) is 0 Å². The molecule has 1 saturated heterocycles. The molecule has 0 saturated carbocycles. The zero-order valence-electron chi connectivity index (χ0n) is 14.9. The van der Waals surface area contributed by atoms with Gasteiger partial charge in [-0.3, -0.25) is 9.69 Å². The van der Waals surface area contributed by atoms with Gasteiger partial charge in [0.1, 0.15) is 12.4 Å². The van der Waals surface area contributed by atoms with Crippen LogP contribution in [0, 0.1) is 19.3 Å². The lowest BCUT2D eigenvalue weighted by molar-refractivity contribution is -0.164. The monoisotopic (exact) mass is 335 g/mol. The molecule has 24 heavy (non-hydrogen) atoms. The first-order valence-corrected chi connectivity index (χ1v) is 8.73. The summed E-state index contributed by atoms with van der Waals surface area (Å²) in [6.07, 6.45) is 0.945. The highest BCUT2D eigenvalue weighted by atomic mass is 16.5. The Bertz CT molecular complexity index is 574. The fourth-order valence-electron chi connectivity index (χ4n) is 3.58. The SMILES string of the molecule is CCC[C@]1(C(=O)O)CCN(CCOc2ccc(C)cc2C)C[C@@H]1O. The normalized spacial score (nSPS) is 24.8. The number of carbonyl (C=O) groups is 1. The van der Waals surface area contributed by atoms with Crippen molar-refractivity contribution in [3.05, 3.63) is 29.3 Å². The van der Waals surface area contributed by atoms with E-state index in [0.29, 0.717) is 39.1 Å². The second kappa shape index (κ2) is 7.99. The molecule has 5 heteroatoms. The maximum absolute atomic E-state index is 11.6. The number of aliphatic hydroxyl groups excluding tert-OH is 1. The molecule has 2 atom stereocenters. The maximum atomic E-state index is 11.6. The van der Waals surface area contributed by atoms with Crippen molar-refractivity contribution in [2.75, 3.05) is 26.2 Å². The molecule has 1 aliphatic heterocycles. The summed E-state index contributed by atoms with van der Waals surface area (Å²) >= 11 is 0. The number of hydrogen-bond donors (Lipinski definition) is 2. The summed E-state index contributed by atoms with van der Waals surface area (Å²) in [7, 11) is 0. The van der Waals surface area contributed by atoms with Crippen molar-refractivity contribution in [2.24, 2.45) is 5.41 Å². The molecular formula is C19H29NO4. The fraction of sp³-hybridized carbons (Fsp3) is 0.632. The summed E-state index contributed by atoms with van der Waals surface area (Å²) in [6.45, 7) is 8.33. The molecule has 0 amide bonds. The first-order chi connectivity index (χ1) is 11.4. The largest absolute Gasteiger partial charge is 0.492 e. The van der Waals surface area contributed by atoms with E-state index in [1.54, 1.807) is 0 Å². The first-order valence-electron chi connectivity index (χ1n) is 8.73. The molecule has 0 aromatic heterocycles. The van der Waals surface area contributed by atoms with Gasteiger partial charge in [0.05, 0.1) is 11.5 Å². The number of piperidine rings is 1. The predicted octanol–water partition coefficient (Wildman–Crippen LogP) is 2.62. The number of hydrogen-bond acceptors (Lipinski definition) is 4. The molecule has 1 aliphatic rings. The second-order valence-corrected chi connectivity index (χ2v) is 6.90. The smallest absolute Gasteiger partial charge is 0.312 e. The summed E-state index contributed by atoms with van der Waals surface area (Å²) in [5.41, 5.74) is 1.33. The number of rotatable bonds is 7. The van der Waals surface area contributed by atoms with Gasteiger partial charge in [0.2, 0.25) is 0 Å². The Morgan fingerprint density at radius 1 is 1.42 bits per heavy atom. The topological polar surface area (TPSA) is 70.0 Å². The summed E-state index contributed by atoms with van der Waals surface area (Å²) in [4.78, 5) is 13.7. The third-order valence-corrected chi connectivity index (χ3v) is 5.06. The summed E-state index contributed by atoms with van der Waals surface area (Å²) < 4.78 is 5.84. The van der Waals surface area contributed by atoms with Crippen molar-refractivity contribution in [3.8, 4) is 5.75 Å². The highest BCUT2D eigenvalue weighted by molar-refractivity contribution is 5.75. The van der Waals surface area contributed by atoms with Crippen molar-refractivity contribution in [1.29, 1.82) is 0 Å². The van der Waals surface area contributed by atoms with E-state index in [4.69, 9.17) is 4.74 Å². The average Bonchev–Trinajstić information content (AvgIpc) is 2.52. The van der Waals surface area contributed by atoms with Gasteiger partial charge >= 0.3 is 5.97 Å². The number of aliphatic carboxylic acids is 1. The maximum Gasteiger partial charge on any atom is 0.312 e. The number of ether oxygens (including phenoxy) is 1. The van der Waals surface area contributed by atoms with Crippen LogP contribution in [0.25, 0.3) is 0 Å². The third kappa shape index (κ3) is 4.08. The standard InChI is InChI=1S/C19H29NO4/c1-4-7-19(18(22)23)8-9-20(13-17(19)21)10-11-24-16-6-5-14(2)12-15(16)3/h5-6,12,17,21H,4,7-11,13H2,1-3H3,(H,22,23)/t17-,19-/m0/s1. The van der Waals surface area contributed by atoms with Crippen LogP contribution in [0.5, 0.6) is 5.75 Å². The molecule has 1 fully saturated rings. The lowest BCUT2D eigenvalue weighted by atomic mass is 9.73. The molecule has 1 aromatic rings. The van der Waals surface area contributed by atoms with E-state index in [-0.39, 0.29) is 0 Å². The molecule has 2 N–H and O–H groups in total. The Morgan fingerprint density at radius 3 is 2.75 bits per heavy atom. The van der Waals surface area contributed by atoms with Crippen LogP contribution >= 0.6 is 0 Å². The van der Waals surface area contributed by atoms with E-state index in [1.165, 1.54) is 5.56 Å². The van der Waals surface area contributed by atoms with Crippen LogP contribution < -0.4 is 4.74 Å². The van der Waals surface area contributed by atoms with Crippen LogP contribution in [0.2, 0.25) is 0 Å². The van der Waals surface area contributed by atoms with Crippen LogP contribution in [-0.4, -0.2) is 53.4 Å². The van der Waals surface area contributed by atoms with Crippen molar-refractivity contribution in [1.82, 2.24) is 4.90 Å². The lowest BCUT2D eigenvalue weighted by Crippen LogP contribution is -2.55. The number of nitrogens with zero attached hydrogens (tertiary/aromatic N) is 1. The molecule has 0 radical (unpaired) electrons. The Labute approximate surface area is 144 Å². The summed E-state index contributed by atoms with van der Waals surface area (Å²) in [6, 6.07) is 6.09. The quantitative estimate of drug-likeness (QED) is 0.801. The Hall–Kier alpha value is -1.59. The number of aliphatic hydroxyl groups is 1. The zero-order chi connectivity index (χ0) is 17.7. The molecular weight excluding hydrogens is 306 g/mol. The number of aryl methyl sites for hydroxylation is 2. The number of β-amino-alcohol motifs (C(OH)–C–C–N with tert-alkyl or cyclic N) is 1. The minimum absolute atomic E-state index is 0.391. The number of carboxylic acid groups (broad SMARTS) is 1. The van der Waals surface area contributed by atoms with Gasteiger partial charge in [0.25, 0.3) is 0 Å². The van der Waals surface area contributed by atoms with Crippen molar-refractivity contribution in [3.63, 3.8) is 0 Å². The van der Waals surface area contributed by atoms with E-state index in [9.17, 15) is 15.0 Å². The highest BCUT2D eigenvalue weighted by Gasteiger charge is 2.47. The molecule has 1 heterocycles. The van der Waals surface area contributed by atoms with Gasteiger partial charge in [-0.05, 0) is 44.9 Å². The summed E-state index contributed by atoms with van der Waals surface area (Å²) in [5.74, 6) is 0.00653.